The number of benzene rings is 3. The van der Waals surface area contributed by atoms with Gasteiger partial charge in [0.1, 0.15) is 0 Å². The lowest BCUT2D eigenvalue weighted by Gasteiger charge is -2.38. The number of rotatable bonds is 5. The SMILES string of the molecule is CCc1cc2c3c(c1C)Cc1c(CC)cc(CCN(C)C)c(c1C)C#CCc1ccc(S)c(c1)CC1C=CC(=CC1)CC3N(C)CC2. The molecule has 0 N–H and O–H groups in total. The summed E-state index contributed by atoms with van der Waals surface area (Å²) in [4.78, 5) is 6.01. The predicted molar refractivity (Wildman–Crippen MR) is 203 cm³/mol. The first-order valence-electron chi connectivity index (χ1n) is 18.0. The van der Waals surface area contributed by atoms with Crippen molar-refractivity contribution >= 4 is 12.6 Å². The van der Waals surface area contributed by atoms with Crippen LogP contribution in [0.4, 0.5) is 0 Å². The van der Waals surface area contributed by atoms with Gasteiger partial charge in [-0.1, -0.05) is 73.8 Å². The molecule has 4 aliphatic rings. The molecule has 0 saturated heterocycles. The molecule has 0 amide bonds. The Morgan fingerprint density at radius 2 is 1.74 bits per heavy atom. The fraction of sp³-hybridized carbons (Fsp3) is 0.455. The van der Waals surface area contributed by atoms with E-state index in [1.54, 1.807) is 16.7 Å². The first-order chi connectivity index (χ1) is 22.7. The summed E-state index contributed by atoms with van der Waals surface area (Å²) in [6.45, 7) is 11.6. The van der Waals surface area contributed by atoms with Crippen LogP contribution in [0.25, 0.3) is 0 Å². The molecule has 1 heterocycles. The van der Waals surface area contributed by atoms with Gasteiger partial charge in [0.2, 0.25) is 0 Å². The maximum Gasteiger partial charge on any atom is 0.0391 e. The number of allylic oxidation sites excluding steroid dienone is 3. The minimum absolute atomic E-state index is 0.387. The lowest BCUT2D eigenvalue weighted by Crippen LogP contribution is -2.34. The Hall–Kier alpha value is -3.03. The van der Waals surface area contributed by atoms with Crippen molar-refractivity contribution in [2.75, 3.05) is 34.2 Å². The van der Waals surface area contributed by atoms with E-state index in [2.05, 4.69) is 119 Å². The van der Waals surface area contributed by atoms with E-state index in [1.807, 2.05) is 0 Å². The number of thiol groups is 1. The standard InChI is InChI=1S/C44H54N2S/c1-8-34-26-37-20-22-46(7)42-25-33-15-13-32(14-16-33)24-38-23-31(17-18-43(38)47)11-10-12-39-30(4)40(28-41(29(34)3)44(37)42)35(9-2)27-36(39)19-21-45(5)6/h13,15-18,23,26-27,32,42,47H,8-9,11,14,19-22,24-25,28H2,1-7H3. The van der Waals surface area contributed by atoms with Crippen LogP contribution in [0.15, 0.2) is 59.0 Å². The summed E-state index contributed by atoms with van der Waals surface area (Å²) in [6.07, 6.45) is 16.6. The van der Waals surface area contributed by atoms with Gasteiger partial charge in [-0.3, -0.25) is 4.90 Å². The molecule has 246 valence electrons. The zero-order valence-corrected chi connectivity index (χ0v) is 30.8. The summed E-state index contributed by atoms with van der Waals surface area (Å²) in [7, 11) is 6.69. The number of fused-ring (bicyclic) bond motifs is 2. The molecule has 0 aromatic heterocycles. The van der Waals surface area contributed by atoms with E-state index >= 15 is 0 Å². The Morgan fingerprint density at radius 3 is 2.47 bits per heavy atom. The van der Waals surface area contributed by atoms with Crippen LogP contribution in [0.5, 0.6) is 0 Å². The van der Waals surface area contributed by atoms with E-state index < -0.39 is 0 Å². The second-order valence-corrected chi connectivity index (χ2v) is 15.0. The van der Waals surface area contributed by atoms with Gasteiger partial charge in [-0.25, -0.2) is 0 Å². The van der Waals surface area contributed by atoms with Gasteiger partial charge in [-0.05, 0) is 160 Å². The van der Waals surface area contributed by atoms with Gasteiger partial charge >= 0.3 is 0 Å². The molecule has 2 atom stereocenters. The van der Waals surface area contributed by atoms with Crippen molar-refractivity contribution in [1.82, 2.24) is 9.80 Å². The van der Waals surface area contributed by atoms with Crippen molar-refractivity contribution in [3.05, 3.63) is 121 Å². The maximum absolute atomic E-state index is 4.87. The molecule has 0 radical (unpaired) electrons. The second kappa shape index (κ2) is 14.6. The number of likely N-dealkylation sites (N-methyl/N-ethyl adjacent to an activating group) is 2. The van der Waals surface area contributed by atoms with Gasteiger partial charge in [-0.2, -0.15) is 0 Å². The van der Waals surface area contributed by atoms with E-state index in [-0.39, 0.29) is 0 Å². The molecule has 3 aromatic carbocycles. The summed E-state index contributed by atoms with van der Waals surface area (Å²) >= 11 is 4.87. The first-order valence-corrected chi connectivity index (χ1v) is 18.4. The molecule has 3 aromatic rings. The normalized spacial score (nSPS) is 19.4. The summed E-state index contributed by atoms with van der Waals surface area (Å²) in [5.74, 6) is 7.91. The maximum atomic E-state index is 4.87. The lowest BCUT2D eigenvalue weighted by atomic mass is 9.77. The minimum Gasteiger partial charge on any atom is -0.309 e. The van der Waals surface area contributed by atoms with Gasteiger partial charge in [0.05, 0.1) is 0 Å². The second-order valence-electron chi connectivity index (χ2n) is 14.6. The van der Waals surface area contributed by atoms with Crippen molar-refractivity contribution in [2.45, 2.75) is 96.4 Å². The highest BCUT2D eigenvalue weighted by Gasteiger charge is 2.31. The zero-order chi connectivity index (χ0) is 33.2. The number of nitrogens with zero attached hydrogens (tertiary/aromatic N) is 2. The lowest BCUT2D eigenvalue weighted by molar-refractivity contribution is 0.228. The summed E-state index contributed by atoms with van der Waals surface area (Å²) in [5.41, 5.74) is 18.9. The number of hydrogen-bond donors (Lipinski definition) is 1. The third kappa shape index (κ3) is 7.22. The highest BCUT2D eigenvalue weighted by Crippen LogP contribution is 2.41. The first kappa shape index (κ1) is 33.9. The van der Waals surface area contributed by atoms with Crippen molar-refractivity contribution in [1.29, 1.82) is 0 Å². The van der Waals surface area contributed by atoms with Crippen LogP contribution >= 0.6 is 12.6 Å². The van der Waals surface area contributed by atoms with E-state index in [4.69, 9.17) is 12.6 Å². The molecule has 3 aliphatic carbocycles. The minimum atomic E-state index is 0.387. The van der Waals surface area contributed by atoms with E-state index in [0.717, 1.165) is 75.8 Å². The number of hydrogen-bond acceptors (Lipinski definition) is 3. The Kier molecular flexibility index (Phi) is 10.5. The Labute approximate surface area is 290 Å². The van der Waals surface area contributed by atoms with Crippen LogP contribution in [0, 0.1) is 31.6 Å². The quantitative estimate of drug-likeness (QED) is 0.219. The zero-order valence-electron chi connectivity index (χ0n) is 29.9. The molecule has 7 rings (SSSR count). The molecule has 3 heteroatoms. The fourth-order valence-corrected chi connectivity index (χ4v) is 8.48. The average Bonchev–Trinajstić information content (AvgIpc) is 3.06. The van der Waals surface area contributed by atoms with Crippen LogP contribution in [0.2, 0.25) is 0 Å². The highest BCUT2D eigenvalue weighted by molar-refractivity contribution is 7.80. The predicted octanol–water partition coefficient (Wildman–Crippen LogP) is 8.98. The Morgan fingerprint density at radius 1 is 0.936 bits per heavy atom. The molecule has 0 saturated carbocycles. The van der Waals surface area contributed by atoms with Crippen LogP contribution in [0.1, 0.15) is 99.5 Å². The van der Waals surface area contributed by atoms with Crippen LogP contribution in [-0.2, 0) is 44.9 Å². The molecule has 6 bridgehead atoms. The summed E-state index contributed by atoms with van der Waals surface area (Å²) < 4.78 is 0. The summed E-state index contributed by atoms with van der Waals surface area (Å²) in [6, 6.07) is 12.2. The topological polar surface area (TPSA) is 6.48 Å². The van der Waals surface area contributed by atoms with Crippen molar-refractivity contribution in [2.24, 2.45) is 5.92 Å². The fourth-order valence-electron chi connectivity index (χ4n) is 8.25. The molecule has 47 heavy (non-hydrogen) atoms. The van der Waals surface area contributed by atoms with E-state index in [1.165, 1.54) is 55.6 Å². The average molecular weight is 643 g/mol. The molecular formula is C44H54N2S. The molecule has 2 nitrogen and oxygen atoms in total. The van der Waals surface area contributed by atoms with Gasteiger partial charge in [0.15, 0.2) is 0 Å². The van der Waals surface area contributed by atoms with Crippen molar-refractivity contribution in [3.63, 3.8) is 0 Å². The van der Waals surface area contributed by atoms with Gasteiger partial charge < -0.3 is 4.90 Å². The molecular weight excluding hydrogens is 589 g/mol. The van der Waals surface area contributed by atoms with Gasteiger partial charge in [-0.15, -0.1) is 12.6 Å². The molecule has 0 fully saturated rings. The molecule has 2 unspecified atom stereocenters. The van der Waals surface area contributed by atoms with Crippen LogP contribution in [0.3, 0.4) is 0 Å². The molecule has 1 aliphatic heterocycles. The summed E-state index contributed by atoms with van der Waals surface area (Å²) in [5, 5.41) is 0. The van der Waals surface area contributed by atoms with Crippen molar-refractivity contribution in [3.8, 4) is 11.8 Å². The third-order valence-corrected chi connectivity index (χ3v) is 11.6. The Balaban J connectivity index is 1.56. The highest BCUT2D eigenvalue weighted by atomic mass is 32.1. The molecule has 0 spiro atoms. The van der Waals surface area contributed by atoms with Crippen LogP contribution < -0.4 is 0 Å². The number of aryl methyl sites for hydroxylation is 2. The third-order valence-electron chi connectivity index (χ3n) is 11.2. The largest absolute Gasteiger partial charge is 0.309 e. The van der Waals surface area contributed by atoms with E-state index in [9.17, 15) is 0 Å². The van der Waals surface area contributed by atoms with Gasteiger partial charge in [0.25, 0.3) is 0 Å². The monoisotopic (exact) mass is 642 g/mol. The van der Waals surface area contributed by atoms with E-state index in [0.29, 0.717) is 12.0 Å². The Bertz CT molecular complexity index is 1780. The van der Waals surface area contributed by atoms with Crippen LogP contribution in [-0.4, -0.2) is 44.0 Å². The smallest absolute Gasteiger partial charge is 0.0391 e. The van der Waals surface area contributed by atoms with Crippen molar-refractivity contribution < 1.29 is 0 Å². The van der Waals surface area contributed by atoms with Gasteiger partial charge in [0, 0.05) is 36.0 Å².